The zero-order valence-electron chi connectivity index (χ0n) is 12.3. The topological polar surface area (TPSA) is 78.3 Å². The van der Waals surface area contributed by atoms with Crippen molar-refractivity contribution in [3.8, 4) is 0 Å². The molecular formula is C14H25N3O2. The van der Waals surface area contributed by atoms with E-state index < -0.39 is 5.60 Å². The summed E-state index contributed by atoms with van der Waals surface area (Å²) in [4.78, 5) is 8.67. The van der Waals surface area contributed by atoms with Crippen molar-refractivity contribution in [2.45, 2.75) is 52.6 Å². The molecule has 19 heavy (non-hydrogen) atoms. The number of rotatable bonds is 7. The Labute approximate surface area is 115 Å². The maximum Gasteiger partial charge on any atom is 0.132 e. The fourth-order valence-corrected chi connectivity index (χ4v) is 1.99. The lowest BCUT2D eigenvalue weighted by molar-refractivity contribution is 0.0338. The maximum atomic E-state index is 10.4. The van der Waals surface area contributed by atoms with Crippen LogP contribution in [0.3, 0.4) is 0 Å². The molecule has 0 radical (unpaired) electrons. The van der Waals surface area contributed by atoms with Crippen LogP contribution in [0.1, 0.15) is 43.3 Å². The summed E-state index contributed by atoms with van der Waals surface area (Å²) in [5.41, 5.74) is 1.15. The molecule has 0 saturated heterocycles. The van der Waals surface area contributed by atoms with Gasteiger partial charge >= 0.3 is 0 Å². The van der Waals surface area contributed by atoms with Crippen molar-refractivity contribution < 1.29 is 10.2 Å². The molecule has 108 valence electrons. The monoisotopic (exact) mass is 267 g/mol. The molecule has 0 unspecified atom stereocenters. The van der Waals surface area contributed by atoms with E-state index in [2.05, 4.69) is 15.3 Å². The highest BCUT2D eigenvalue weighted by Crippen LogP contribution is 2.20. The second-order valence-corrected chi connectivity index (χ2v) is 5.09. The SMILES string of the molecule is CC[C@@](O)(CCCO)CNc1nc(C)nc(C)c1C. The second-order valence-electron chi connectivity index (χ2n) is 5.09. The Morgan fingerprint density at radius 3 is 2.47 bits per heavy atom. The van der Waals surface area contributed by atoms with Gasteiger partial charge in [-0.3, -0.25) is 0 Å². The fourth-order valence-electron chi connectivity index (χ4n) is 1.99. The summed E-state index contributed by atoms with van der Waals surface area (Å²) in [6.45, 7) is 8.26. The summed E-state index contributed by atoms with van der Waals surface area (Å²) in [5.74, 6) is 1.50. The minimum absolute atomic E-state index is 0.104. The molecule has 0 fully saturated rings. The Balaban J connectivity index is 2.74. The molecule has 1 rings (SSSR count). The first kappa shape index (κ1) is 15.9. The van der Waals surface area contributed by atoms with Crippen molar-refractivity contribution in [2.75, 3.05) is 18.5 Å². The molecule has 1 aromatic rings. The van der Waals surface area contributed by atoms with E-state index in [-0.39, 0.29) is 6.61 Å². The number of aliphatic hydroxyl groups excluding tert-OH is 1. The number of nitrogens with zero attached hydrogens (tertiary/aromatic N) is 2. The Morgan fingerprint density at radius 2 is 1.89 bits per heavy atom. The van der Waals surface area contributed by atoms with Gasteiger partial charge < -0.3 is 15.5 Å². The number of hydrogen-bond donors (Lipinski definition) is 3. The van der Waals surface area contributed by atoms with Gasteiger partial charge in [0.05, 0.1) is 5.60 Å². The van der Waals surface area contributed by atoms with Crippen LogP contribution in [0.4, 0.5) is 5.82 Å². The van der Waals surface area contributed by atoms with Gasteiger partial charge in [-0.1, -0.05) is 6.92 Å². The highest BCUT2D eigenvalue weighted by Gasteiger charge is 2.24. The van der Waals surface area contributed by atoms with Gasteiger partial charge in [-0.2, -0.15) is 0 Å². The van der Waals surface area contributed by atoms with Gasteiger partial charge in [-0.25, -0.2) is 9.97 Å². The van der Waals surface area contributed by atoms with Gasteiger partial charge in [0, 0.05) is 24.4 Å². The molecule has 0 aliphatic carbocycles. The molecule has 1 aromatic heterocycles. The van der Waals surface area contributed by atoms with Gasteiger partial charge in [0.15, 0.2) is 0 Å². The third-order valence-corrected chi connectivity index (χ3v) is 3.54. The van der Waals surface area contributed by atoms with Crippen molar-refractivity contribution in [1.82, 2.24) is 9.97 Å². The molecule has 5 nitrogen and oxygen atoms in total. The van der Waals surface area contributed by atoms with Crippen molar-refractivity contribution >= 4 is 5.82 Å². The van der Waals surface area contributed by atoms with Crippen LogP contribution in [-0.2, 0) is 0 Å². The molecule has 0 aliphatic rings. The molecule has 3 N–H and O–H groups in total. The predicted octanol–water partition coefficient (Wildman–Crippen LogP) is 1.73. The molecule has 0 spiro atoms. The third-order valence-electron chi connectivity index (χ3n) is 3.54. The highest BCUT2D eigenvalue weighted by molar-refractivity contribution is 5.45. The minimum atomic E-state index is -0.804. The average Bonchev–Trinajstić information content (AvgIpc) is 2.39. The molecule has 0 saturated carbocycles. The van der Waals surface area contributed by atoms with E-state index in [1.807, 2.05) is 27.7 Å². The van der Waals surface area contributed by atoms with Crippen LogP contribution >= 0.6 is 0 Å². The molecule has 0 aliphatic heterocycles. The van der Waals surface area contributed by atoms with E-state index in [0.717, 1.165) is 22.9 Å². The zero-order chi connectivity index (χ0) is 14.5. The lowest BCUT2D eigenvalue weighted by Gasteiger charge is -2.27. The Morgan fingerprint density at radius 1 is 1.21 bits per heavy atom. The number of hydrogen-bond acceptors (Lipinski definition) is 5. The van der Waals surface area contributed by atoms with Crippen LogP contribution < -0.4 is 5.32 Å². The lowest BCUT2D eigenvalue weighted by atomic mass is 9.94. The molecule has 0 aromatic carbocycles. The third kappa shape index (κ3) is 4.44. The van der Waals surface area contributed by atoms with E-state index >= 15 is 0 Å². The molecule has 0 bridgehead atoms. The minimum Gasteiger partial charge on any atom is -0.396 e. The smallest absolute Gasteiger partial charge is 0.132 e. The van der Waals surface area contributed by atoms with E-state index in [9.17, 15) is 5.11 Å². The quantitative estimate of drug-likeness (QED) is 0.701. The number of aryl methyl sites for hydroxylation is 2. The number of aliphatic hydroxyl groups is 2. The molecule has 1 heterocycles. The highest BCUT2D eigenvalue weighted by atomic mass is 16.3. The fraction of sp³-hybridized carbons (Fsp3) is 0.714. The van der Waals surface area contributed by atoms with Crippen LogP contribution in [0.15, 0.2) is 0 Å². The van der Waals surface area contributed by atoms with E-state index in [1.54, 1.807) is 0 Å². The lowest BCUT2D eigenvalue weighted by Crippen LogP contribution is -2.37. The predicted molar refractivity (Wildman–Crippen MR) is 76.3 cm³/mol. The first-order valence-corrected chi connectivity index (χ1v) is 6.81. The second kappa shape index (κ2) is 6.82. The van der Waals surface area contributed by atoms with Gasteiger partial charge in [-0.05, 0) is 40.0 Å². The standard InChI is InChI=1S/C14H25N3O2/c1-5-14(19,7-6-8-18)9-15-13-10(2)11(3)16-12(4)17-13/h18-19H,5-9H2,1-4H3,(H,15,16,17)/t14-/m1/s1. The van der Waals surface area contributed by atoms with Crippen LogP contribution in [0.25, 0.3) is 0 Å². The summed E-state index contributed by atoms with van der Waals surface area (Å²) < 4.78 is 0. The molecule has 0 amide bonds. The summed E-state index contributed by atoms with van der Waals surface area (Å²) in [6.07, 6.45) is 1.82. The van der Waals surface area contributed by atoms with E-state index in [4.69, 9.17) is 5.11 Å². The Kier molecular flexibility index (Phi) is 5.69. The summed E-state index contributed by atoms with van der Waals surface area (Å²) in [6, 6.07) is 0. The van der Waals surface area contributed by atoms with Crippen molar-refractivity contribution in [2.24, 2.45) is 0 Å². The largest absolute Gasteiger partial charge is 0.396 e. The average molecular weight is 267 g/mol. The summed E-state index contributed by atoms with van der Waals surface area (Å²) in [5, 5.41) is 22.5. The van der Waals surface area contributed by atoms with Crippen LogP contribution in [0, 0.1) is 20.8 Å². The van der Waals surface area contributed by atoms with Gasteiger partial charge in [0.1, 0.15) is 11.6 Å². The van der Waals surface area contributed by atoms with Gasteiger partial charge in [0.25, 0.3) is 0 Å². The Hall–Kier alpha value is -1.20. The number of aromatic nitrogens is 2. The van der Waals surface area contributed by atoms with Gasteiger partial charge in [0.2, 0.25) is 0 Å². The zero-order valence-corrected chi connectivity index (χ0v) is 12.3. The summed E-state index contributed by atoms with van der Waals surface area (Å²) >= 11 is 0. The van der Waals surface area contributed by atoms with E-state index in [1.165, 1.54) is 0 Å². The van der Waals surface area contributed by atoms with E-state index in [0.29, 0.717) is 25.8 Å². The van der Waals surface area contributed by atoms with Crippen molar-refractivity contribution in [3.63, 3.8) is 0 Å². The number of anilines is 1. The first-order chi connectivity index (χ1) is 8.91. The Bertz CT molecular complexity index is 423. The van der Waals surface area contributed by atoms with Crippen LogP contribution in [-0.4, -0.2) is 38.9 Å². The maximum absolute atomic E-state index is 10.4. The van der Waals surface area contributed by atoms with Crippen LogP contribution in [0.2, 0.25) is 0 Å². The van der Waals surface area contributed by atoms with Crippen molar-refractivity contribution in [1.29, 1.82) is 0 Å². The molecular weight excluding hydrogens is 242 g/mol. The summed E-state index contributed by atoms with van der Waals surface area (Å²) in [7, 11) is 0. The van der Waals surface area contributed by atoms with Crippen molar-refractivity contribution in [3.05, 3.63) is 17.1 Å². The van der Waals surface area contributed by atoms with Crippen LogP contribution in [0.5, 0.6) is 0 Å². The van der Waals surface area contributed by atoms with Gasteiger partial charge in [-0.15, -0.1) is 0 Å². The number of nitrogens with one attached hydrogen (secondary N) is 1. The molecule has 1 atom stereocenters. The molecule has 5 heteroatoms. The normalized spacial score (nSPS) is 14.2. The first-order valence-electron chi connectivity index (χ1n) is 6.81.